The van der Waals surface area contributed by atoms with Gasteiger partial charge in [0.25, 0.3) is 0 Å². The van der Waals surface area contributed by atoms with Gasteiger partial charge in [0.05, 0.1) is 46.7 Å². The maximum Gasteiger partial charge on any atom is 0 e. The Labute approximate surface area is 647 Å². The molecule has 0 saturated heterocycles. The third-order valence-electron chi connectivity index (χ3n) is 18.7. The number of ether oxygens (including phenoxy) is 2. The summed E-state index contributed by atoms with van der Waals surface area (Å²) in [6, 6.07) is 45.5. The van der Waals surface area contributed by atoms with E-state index in [1.807, 2.05) is 37.3 Å². The van der Waals surface area contributed by atoms with Crippen LogP contribution in [0.5, 0.6) is 23.0 Å². The molecule has 0 saturated carbocycles. The predicted octanol–water partition coefficient (Wildman–Crippen LogP) is 28.4. The molecule has 2 aromatic heterocycles. The Hall–Kier alpha value is -3.96. The molecule has 0 aliphatic carbocycles. The van der Waals surface area contributed by atoms with E-state index in [1.54, 1.807) is 0 Å². The van der Waals surface area contributed by atoms with Crippen LogP contribution in [0.3, 0.4) is 0 Å². The summed E-state index contributed by atoms with van der Waals surface area (Å²) in [7, 11) is 20.2. The van der Waals surface area contributed by atoms with E-state index in [4.69, 9.17) is 67.0 Å². The minimum atomic E-state index is -3.39. The van der Waals surface area contributed by atoms with Crippen LogP contribution in [0.1, 0.15) is 211 Å². The summed E-state index contributed by atoms with van der Waals surface area (Å²) in [5.41, 5.74) is 15.3. The van der Waals surface area contributed by atoms with Gasteiger partial charge in [-0.15, -0.1) is 0 Å². The Kier molecular flexibility index (Phi) is 26.2. The van der Waals surface area contributed by atoms with Crippen molar-refractivity contribution < 1.29 is 60.8 Å². The zero-order valence-corrected chi connectivity index (χ0v) is 75.8. The molecule has 2 heterocycles. The number of hydrogen-bond donors (Lipinski definition) is 2. The number of fused-ring (bicyclic) bond motifs is 6. The maximum absolute atomic E-state index is 13.2. The van der Waals surface area contributed by atoms with Crippen molar-refractivity contribution >= 4 is 101 Å². The fourth-order valence-electron chi connectivity index (χ4n) is 14.4. The van der Waals surface area contributed by atoms with Gasteiger partial charge in [0.2, 0.25) is 0 Å². The SMILES string of the molecule is Cc1cc(Cl)cc(-c2cc(C(C)(C)CC(C)(C)C)cc(-n3c4ccc(C(C)(C)C)cc4c4cc(C(C)(C)C)ccc43)c2O)c1OCCCOc1ccc(Cl)cc1-c1cc(C(C)(C)CC(C)(C)C)cc(-n2c3ccc(C(C)(C)C)cc3c3cc(C(C)(C)C)ccc32)c1O.[CH3-].[CH3-].[Cl][Hf]([Cl])([Cl])[Cl].[Hf]. The third-order valence-corrected chi connectivity index (χ3v) is 19.2. The van der Waals surface area contributed by atoms with Gasteiger partial charge in [0.1, 0.15) is 23.0 Å². The first-order chi connectivity index (χ1) is 44.4. The Morgan fingerprint density at radius 3 is 1.03 bits per heavy atom. The Balaban J connectivity index is 0.00000190. The molecule has 0 aliphatic heterocycles. The van der Waals surface area contributed by atoms with Gasteiger partial charge in [-0.25, -0.2) is 0 Å². The molecule has 538 valence electrons. The maximum atomic E-state index is 13.2. The van der Waals surface area contributed by atoms with Gasteiger partial charge in [-0.3, -0.25) is 0 Å². The van der Waals surface area contributed by atoms with Gasteiger partial charge in [0.15, 0.2) is 0 Å². The van der Waals surface area contributed by atoms with Crippen molar-refractivity contribution in [2.45, 2.75) is 211 Å². The third kappa shape index (κ3) is 19.4. The molecule has 0 bridgehead atoms. The summed E-state index contributed by atoms with van der Waals surface area (Å²) >= 11 is 10.7. The van der Waals surface area contributed by atoms with Crippen molar-refractivity contribution in [3.63, 3.8) is 0 Å². The van der Waals surface area contributed by atoms with E-state index in [0.717, 1.165) is 73.1 Å². The van der Waals surface area contributed by atoms with Gasteiger partial charge < -0.3 is 43.7 Å². The number of halogens is 6. The number of rotatable bonds is 14. The van der Waals surface area contributed by atoms with Gasteiger partial charge in [-0.2, -0.15) is 0 Å². The van der Waals surface area contributed by atoms with Crippen molar-refractivity contribution in [1.29, 1.82) is 0 Å². The number of aromatic hydroxyl groups is 2. The summed E-state index contributed by atoms with van der Waals surface area (Å²) in [4.78, 5) is 0. The molecule has 2 N–H and O–H groups in total. The Morgan fingerprint density at radius 2 is 0.700 bits per heavy atom. The predicted molar refractivity (Wildman–Crippen MR) is 431 cm³/mol. The van der Waals surface area contributed by atoms with E-state index in [-0.39, 0.29) is 95.5 Å². The molecule has 0 radical (unpaired) electrons. The first kappa shape index (κ1) is 85.0. The number of aryl methyl sites for hydroxylation is 1. The van der Waals surface area contributed by atoms with Gasteiger partial charge in [-0.05, 0) is 205 Å². The van der Waals surface area contributed by atoms with E-state index in [2.05, 4.69) is 259 Å². The summed E-state index contributed by atoms with van der Waals surface area (Å²) in [5.74, 6) is 1.52. The minimum Gasteiger partial charge on any atom is 0 e. The van der Waals surface area contributed by atoms with Crippen LogP contribution in [-0.4, -0.2) is 32.6 Å². The fourth-order valence-corrected chi connectivity index (χ4v) is 14.9. The monoisotopic (exact) mass is 1800 g/mol. The van der Waals surface area contributed by atoms with Crippen molar-refractivity contribution in [3.05, 3.63) is 191 Å². The van der Waals surface area contributed by atoms with Crippen molar-refractivity contribution in [2.24, 2.45) is 10.8 Å². The van der Waals surface area contributed by atoms with E-state index in [9.17, 15) is 10.2 Å². The van der Waals surface area contributed by atoms with Crippen LogP contribution in [0.2, 0.25) is 10.0 Å². The molecule has 0 amide bonds. The zero-order valence-electron chi connectivity index (χ0n) is 64.0. The Bertz CT molecular complexity index is 4480. The van der Waals surface area contributed by atoms with Crippen LogP contribution < -0.4 is 9.47 Å². The average Bonchev–Trinajstić information content (AvgIpc) is 1.55. The van der Waals surface area contributed by atoms with Gasteiger partial charge >= 0.3 is 49.5 Å². The number of aromatic nitrogens is 2. The quantitative estimate of drug-likeness (QED) is 0.0647. The van der Waals surface area contributed by atoms with Crippen LogP contribution in [0.25, 0.3) is 77.2 Å². The Morgan fingerprint density at radius 1 is 0.380 bits per heavy atom. The second-order valence-corrected chi connectivity index (χ2v) is 66.9. The first-order valence-electron chi connectivity index (χ1n) is 34.0. The number of phenols is 2. The van der Waals surface area contributed by atoms with E-state index < -0.39 is 15.2 Å². The minimum absolute atomic E-state index is 0. The second kappa shape index (κ2) is 30.9. The van der Waals surface area contributed by atoms with Crippen LogP contribution in [0, 0.1) is 32.6 Å². The molecule has 6 nitrogen and oxygen atoms in total. The molecule has 0 fully saturated rings. The molecule has 100 heavy (non-hydrogen) atoms. The number of nitrogens with zero attached hydrogens (tertiary/aromatic N) is 2. The summed E-state index contributed by atoms with van der Waals surface area (Å²) in [6.45, 7) is 52.7. The standard InChI is InChI=1S/C84H102Cl2N2O4.2CH3.4ClH.2Hf/c1-50-37-58(86)47-66(65-43-56(84(22,23)49-78(5,6)7)45-72(75(65)90)88-69-32-27-53(81(14,15)16)40-61(69)62-41-54(82(17,18)19)28-33-70(62)88)76(50)92-36-24-35-91-73-34-29-57(85)46-63(73)64-42-55(83(20,21)48-77(2,3)4)44-71(74(64)89)87-67-30-25-51(79(8,9)10)38-59(67)60-39-52(80(11,12)13)26-31-68(60)87;;;;;;;;/h25-34,37-47,89-90H,24,35-36,48-49H2,1-23H3;2*1H3;4*1H;;/q;2*-1;;;;;;+4/p-4. The molecule has 14 heteroatoms. The molecular weight excluding hydrogens is 1690 g/mol. The van der Waals surface area contributed by atoms with Crippen LogP contribution in [-0.2, 0) is 73.6 Å². The van der Waals surface area contributed by atoms with E-state index in [1.165, 1.54) is 22.3 Å². The fraction of sp³-hybridized carbons (Fsp3) is 0.419. The molecule has 0 spiro atoms. The summed E-state index contributed by atoms with van der Waals surface area (Å²) in [5, 5.41) is 32.0. The first-order valence-corrected chi connectivity index (χ1v) is 52.5. The normalized spacial score (nSPS) is 12.9. The number of benzene rings is 8. The molecule has 8 aromatic carbocycles. The van der Waals surface area contributed by atoms with E-state index in [0.29, 0.717) is 74.8 Å². The summed E-state index contributed by atoms with van der Waals surface area (Å²) in [6.07, 6.45) is 2.31. The summed E-state index contributed by atoms with van der Waals surface area (Å²) < 4.78 is 18.3. The van der Waals surface area contributed by atoms with E-state index >= 15 is 0 Å². The molecule has 0 aliphatic rings. The number of phenolic OH excluding ortho intramolecular Hbond substituents is 2. The van der Waals surface area contributed by atoms with Crippen LogP contribution in [0.4, 0.5) is 0 Å². The van der Waals surface area contributed by atoms with Crippen molar-refractivity contribution in [3.8, 4) is 56.6 Å². The smallest absolute Gasteiger partial charge is 0 e. The molecule has 10 rings (SSSR count). The topological polar surface area (TPSA) is 68.8 Å². The zero-order chi connectivity index (χ0) is 72.0. The average molecular weight is 1800 g/mol. The second-order valence-electron chi connectivity index (χ2n) is 34.8. The van der Waals surface area contributed by atoms with Crippen LogP contribution in [0.15, 0.2) is 127 Å². The molecule has 0 atom stereocenters. The van der Waals surface area contributed by atoms with Crippen molar-refractivity contribution in [2.75, 3.05) is 13.2 Å². The molecular formula is C86H108Cl6Hf2N2O4-2. The number of hydrogen-bond acceptors (Lipinski definition) is 4. The van der Waals surface area contributed by atoms with Gasteiger partial charge in [-0.1, -0.05) is 200 Å². The molecule has 0 unspecified atom stereocenters. The van der Waals surface area contributed by atoms with Crippen molar-refractivity contribution in [1.82, 2.24) is 9.13 Å². The molecule has 10 aromatic rings. The van der Waals surface area contributed by atoms with Crippen LogP contribution >= 0.6 is 57.5 Å². The van der Waals surface area contributed by atoms with Gasteiger partial charge in [0, 0.05) is 86.1 Å². The largest absolute Gasteiger partial charge is 0 e.